The van der Waals surface area contributed by atoms with Crippen molar-refractivity contribution in [2.75, 3.05) is 4.90 Å². The topological polar surface area (TPSA) is 16.4 Å². The number of hydrogen-bond acceptors (Lipinski definition) is 2. The first-order valence-electron chi connectivity index (χ1n) is 20.5. The molecule has 0 saturated carbocycles. The van der Waals surface area contributed by atoms with Crippen LogP contribution in [0.5, 0.6) is 0 Å². The number of furan rings is 1. The van der Waals surface area contributed by atoms with Gasteiger partial charge in [0.1, 0.15) is 11.2 Å². The number of nitrogens with zero attached hydrogens (tertiary/aromatic N) is 1. The van der Waals surface area contributed by atoms with Gasteiger partial charge in [-0.05, 0) is 126 Å². The Hall–Kier alpha value is -7.42. The van der Waals surface area contributed by atoms with Crippen LogP contribution in [-0.2, 0) is 5.41 Å². The van der Waals surface area contributed by atoms with E-state index in [9.17, 15) is 0 Å². The summed E-state index contributed by atoms with van der Waals surface area (Å²) in [6.45, 7) is 4.73. The van der Waals surface area contributed by atoms with E-state index >= 15 is 0 Å². The molecule has 11 aromatic rings. The summed E-state index contributed by atoms with van der Waals surface area (Å²) in [5.41, 5.74) is 14.9. The average Bonchev–Trinajstić information content (AvgIpc) is 3.78. The zero-order valence-electron chi connectivity index (χ0n) is 32.9. The van der Waals surface area contributed by atoms with Crippen molar-refractivity contribution >= 4 is 71.3 Å². The summed E-state index contributed by atoms with van der Waals surface area (Å²) < 4.78 is 6.61. The third-order valence-electron chi connectivity index (χ3n) is 12.8. The monoisotopic (exact) mass is 753 g/mol. The van der Waals surface area contributed by atoms with Crippen molar-refractivity contribution in [3.63, 3.8) is 0 Å². The van der Waals surface area contributed by atoms with Crippen LogP contribution in [0.1, 0.15) is 25.0 Å². The van der Waals surface area contributed by atoms with Crippen molar-refractivity contribution in [3.8, 4) is 33.4 Å². The van der Waals surface area contributed by atoms with E-state index in [0.717, 1.165) is 50.1 Å². The fourth-order valence-electron chi connectivity index (χ4n) is 9.99. The van der Waals surface area contributed by atoms with Gasteiger partial charge in [-0.2, -0.15) is 0 Å². The molecule has 1 heterocycles. The van der Waals surface area contributed by atoms with Crippen LogP contribution in [0.4, 0.5) is 17.1 Å². The third-order valence-corrected chi connectivity index (χ3v) is 12.8. The Morgan fingerprint density at radius 3 is 1.97 bits per heavy atom. The highest BCUT2D eigenvalue weighted by molar-refractivity contribution is 6.17. The van der Waals surface area contributed by atoms with E-state index in [0.29, 0.717) is 0 Å². The van der Waals surface area contributed by atoms with Crippen molar-refractivity contribution in [3.05, 3.63) is 211 Å². The minimum atomic E-state index is -0.161. The van der Waals surface area contributed by atoms with E-state index in [-0.39, 0.29) is 5.41 Å². The molecular formula is C57H39NO. The Morgan fingerprint density at radius 2 is 1.08 bits per heavy atom. The van der Waals surface area contributed by atoms with E-state index in [1.54, 1.807) is 0 Å². The standard InChI is InChI=1S/C57H39NO/c1-57(2)50-24-11-9-22-46(50)47-29-28-42(35-51(47)57)58(41-18-13-17-38(33-41)49-34-39-16-5-6-19-43(39)44-20-7-8-21-45(44)49)52-30-31-54-56(48-23-10-12-25-53(48)59-54)55(52)40-27-26-36-14-3-4-15-37(36)32-40/h3-35H,1-2H3. The molecule has 1 aliphatic carbocycles. The molecule has 2 heteroatoms. The first kappa shape index (κ1) is 33.7. The Morgan fingerprint density at radius 1 is 0.390 bits per heavy atom. The smallest absolute Gasteiger partial charge is 0.136 e. The molecule has 0 fully saturated rings. The molecule has 0 unspecified atom stereocenters. The summed E-state index contributed by atoms with van der Waals surface area (Å²) in [4.78, 5) is 2.48. The van der Waals surface area contributed by atoms with Gasteiger partial charge in [-0.1, -0.05) is 159 Å². The molecule has 278 valence electrons. The van der Waals surface area contributed by atoms with Crippen LogP contribution >= 0.6 is 0 Å². The molecule has 0 aliphatic heterocycles. The Balaban J connectivity index is 1.16. The lowest BCUT2D eigenvalue weighted by Gasteiger charge is -2.30. The fraction of sp³-hybridized carbons (Fsp3) is 0.0526. The van der Waals surface area contributed by atoms with Gasteiger partial charge in [0.25, 0.3) is 0 Å². The molecule has 0 spiro atoms. The summed E-state index contributed by atoms with van der Waals surface area (Å²) in [6, 6.07) is 73.4. The quantitative estimate of drug-likeness (QED) is 0.163. The molecule has 0 radical (unpaired) electrons. The normalized spacial score (nSPS) is 13.1. The molecule has 10 aromatic carbocycles. The predicted octanol–water partition coefficient (Wildman–Crippen LogP) is 16.2. The van der Waals surface area contributed by atoms with Gasteiger partial charge in [0.2, 0.25) is 0 Å². The molecule has 0 atom stereocenters. The van der Waals surface area contributed by atoms with Crippen molar-refractivity contribution in [2.24, 2.45) is 0 Å². The highest BCUT2D eigenvalue weighted by Gasteiger charge is 2.36. The summed E-state index contributed by atoms with van der Waals surface area (Å²) in [7, 11) is 0. The highest BCUT2D eigenvalue weighted by Crippen LogP contribution is 2.53. The van der Waals surface area contributed by atoms with Gasteiger partial charge in [0.05, 0.1) is 5.69 Å². The lowest BCUT2D eigenvalue weighted by Crippen LogP contribution is -2.17. The average molecular weight is 754 g/mol. The maximum absolute atomic E-state index is 6.61. The Kier molecular flexibility index (Phi) is 7.31. The largest absolute Gasteiger partial charge is 0.456 e. The summed E-state index contributed by atoms with van der Waals surface area (Å²) in [5, 5.41) is 9.66. The zero-order valence-corrected chi connectivity index (χ0v) is 32.9. The van der Waals surface area contributed by atoms with E-state index in [1.165, 1.54) is 65.7 Å². The van der Waals surface area contributed by atoms with Crippen LogP contribution in [-0.4, -0.2) is 0 Å². The maximum atomic E-state index is 6.61. The van der Waals surface area contributed by atoms with Gasteiger partial charge in [0.15, 0.2) is 0 Å². The minimum absolute atomic E-state index is 0.161. The molecule has 2 nitrogen and oxygen atoms in total. The molecular weight excluding hydrogens is 715 g/mol. The molecule has 1 aliphatic rings. The summed E-state index contributed by atoms with van der Waals surface area (Å²) in [6.07, 6.45) is 0. The van der Waals surface area contributed by atoms with Gasteiger partial charge >= 0.3 is 0 Å². The number of para-hydroxylation sites is 1. The van der Waals surface area contributed by atoms with Crippen molar-refractivity contribution in [1.82, 2.24) is 0 Å². The van der Waals surface area contributed by atoms with Gasteiger partial charge in [-0.25, -0.2) is 0 Å². The lowest BCUT2D eigenvalue weighted by atomic mass is 9.82. The van der Waals surface area contributed by atoms with Gasteiger partial charge < -0.3 is 9.32 Å². The van der Waals surface area contributed by atoms with Crippen LogP contribution in [0.15, 0.2) is 205 Å². The summed E-state index contributed by atoms with van der Waals surface area (Å²) >= 11 is 0. The van der Waals surface area contributed by atoms with E-state index in [1.807, 2.05) is 0 Å². The molecule has 0 bridgehead atoms. The number of anilines is 3. The second-order valence-corrected chi connectivity index (χ2v) is 16.5. The second kappa shape index (κ2) is 12.8. The van der Waals surface area contributed by atoms with Crippen LogP contribution < -0.4 is 4.90 Å². The Labute approximate surface area is 343 Å². The molecule has 0 N–H and O–H groups in total. The predicted molar refractivity (Wildman–Crippen MR) is 249 cm³/mol. The minimum Gasteiger partial charge on any atom is -0.456 e. The van der Waals surface area contributed by atoms with Gasteiger partial charge in [-0.3, -0.25) is 0 Å². The van der Waals surface area contributed by atoms with Crippen LogP contribution in [0.2, 0.25) is 0 Å². The summed E-state index contributed by atoms with van der Waals surface area (Å²) in [5.74, 6) is 0. The lowest BCUT2D eigenvalue weighted by molar-refractivity contribution is 0.660. The van der Waals surface area contributed by atoms with Gasteiger partial charge in [0, 0.05) is 33.1 Å². The number of benzene rings is 10. The number of fused-ring (bicyclic) bond motifs is 10. The van der Waals surface area contributed by atoms with Crippen molar-refractivity contribution < 1.29 is 4.42 Å². The Bertz CT molecular complexity index is 3500. The van der Waals surface area contributed by atoms with Gasteiger partial charge in [-0.15, -0.1) is 0 Å². The van der Waals surface area contributed by atoms with Crippen molar-refractivity contribution in [1.29, 1.82) is 0 Å². The SMILES string of the molecule is CC1(C)c2ccccc2-c2ccc(N(c3cccc(-c4cc5ccccc5c5ccccc45)c3)c3ccc4oc5ccccc5c4c3-c3ccc4ccccc4c3)cc21. The first-order valence-corrected chi connectivity index (χ1v) is 20.5. The van der Waals surface area contributed by atoms with Crippen LogP contribution in [0.25, 0.3) is 87.6 Å². The van der Waals surface area contributed by atoms with E-state index in [2.05, 4.69) is 219 Å². The molecule has 1 aromatic heterocycles. The van der Waals surface area contributed by atoms with Crippen molar-refractivity contribution in [2.45, 2.75) is 19.3 Å². The van der Waals surface area contributed by atoms with E-state index in [4.69, 9.17) is 4.42 Å². The number of hydrogen-bond donors (Lipinski definition) is 0. The van der Waals surface area contributed by atoms with Crippen LogP contribution in [0, 0.1) is 0 Å². The molecule has 59 heavy (non-hydrogen) atoms. The van der Waals surface area contributed by atoms with Crippen LogP contribution in [0.3, 0.4) is 0 Å². The fourth-order valence-corrected chi connectivity index (χ4v) is 9.99. The zero-order chi connectivity index (χ0) is 39.2. The maximum Gasteiger partial charge on any atom is 0.136 e. The molecule has 0 saturated heterocycles. The number of rotatable bonds is 5. The third kappa shape index (κ3) is 5.13. The van der Waals surface area contributed by atoms with E-state index < -0.39 is 0 Å². The highest BCUT2D eigenvalue weighted by atomic mass is 16.3. The second-order valence-electron chi connectivity index (χ2n) is 16.5. The first-order chi connectivity index (χ1) is 29.0. The molecule has 0 amide bonds. The molecule has 12 rings (SSSR count).